The van der Waals surface area contributed by atoms with E-state index in [9.17, 15) is 39.3 Å². The first kappa shape index (κ1) is 68.5. The average molecular weight is 998 g/mol. The molecule has 4 amide bonds. The summed E-state index contributed by atoms with van der Waals surface area (Å²) in [5.74, 6) is -6.94. The van der Waals surface area contributed by atoms with Gasteiger partial charge in [-0.15, -0.1) is 0 Å². The SMILES string of the molecule is CC(=O)O.CC(=O)O.CC(=O)O.CC1=C(/C=C/C(C)=C\C=C\C(C)=C/COC(=O)[C@H](CO)NC(=O)[C@H](CCCN)NC(=O)[C@@H](NC(=O)[C@@H](NC(=O)[C@@H](N)CCCCN)[C@@H](C)O)[C@@H](C)O)C(C)(C)CCC1. The van der Waals surface area contributed by atoms with Crippen LogP contribution in [-0.4, -0.2) is 147 Å². The highest BCUT2D eigenvalue weighted by Crippen LogP contribution is 2.40. The Balaban J connectivity index is -0.00000333. The summed E-state index contributed by atoms with van der Waals surface area (Å²) in [6.07, 6.45) is 14.1. The first-order valence-corrected chi connectivity index (χ1v) is 23.0. The Morgan fingerprint density at radius 1 is 0.700 bits per heavy atom. The number of hydrogen-bond donors (Lipinski definition) is 13. The van der Waals surface area contributed by atoms with E-state index in [1.165, 1.54) is 37.8 Å². The number of aliphatic hydroxyl groups excluding tert-OH is 3. The van der Waals surface area contributed by atoms with Crippen LogP contribution in [0.25, 0.3) is 0 Å². The average Bonchev–Trinajstić information content (AvgIpc) is 3.23. The zero-order valence-electron chi connectivity index (χ0n) is 42.6. The van der Waals surface area contributed by atoms with Crippen molar-refractivity contribution in [3.05, 3.63) is 58.7 Å². The summed E-state index contributed by atoms with van der Waals surface area (Å²) < 4.78 is 5.29. The Labute approximate surface area is 412 Å². The lowest BCUT2D eigenvalue weighted by Gasteiger charge is -2.32. The van der Waals surface area contributed by atoms with Gasteiger partial charge in [0.1, 0.15) is 24.7 Å². The molecule has 0 saturated heterocycles. The van der Waals surface area contributed by atoms with E-state index in [4.69, 9.17) is 51.6 Å². The minimum atomic E-state index is -1.63. The van der Waals surface area contributed by atoms with Crippen molar-refractivity contribution in [2.45, 2.75) is 163 Å². The second kappa shape index (κ2) is 38.0. The lowest BCUT2D eigenvalue weighted by atomic mass is 9.72. The highest BCUT2D eigenvalue weighted by molar-refractivity contribution is 5.96. The lowest BCUT2D eigenvalue weighted by Crippen LogP contribution is -2.62. The predicted octanol–water partition coefficient (Wildman–Crippen LogP) is 1.22. The molecule has 0 saturated carbocycles. The molecule has 0 aromatic rings. The molecule has 0 unspecified atom stereocenters. The number of carboxylic acid groups (broad SMARTS) is 3. The number of nitrogens with one attached hydrogen (secondary N) is 4. The Kier molecular flexibility index (Phi) is 37.2. The standard InChI is InChI=1S/C42H71N7O9.3C2H4O2/c1-26(18-19-31-28(3)15-11-21-42(31,6)7)13-10-14-27(2)20-24-58-41(57)34(25-50)47-38(54)33(17-12-23-44)46-39(55)35(29(4)51)49-40(56)36(30(5)52)48-37(53)32(45)16-8-9-22-43;3*1-2(3)4/h10,13-14,18-20,29-30,32-36,50-52H,8-9,11-12,15-17,21-25,43-45H2,1-7H3,(H,46,55)(H,47,54)(H,48,53)(H,49,56);3*1H3,(H,3,4)/b14-10+,19-18+,26-13-,27-20-;;;/t29-,30-,32+,33+,34+,35+,36+;;;/m1.../s1. The summed E-state index contributed by atoms with van der Waals surface area (Å²) in [5, 5.41) is 62.4. The van der Waals surface area contributed by atoms with Crippen molar-refractivity contribution in [1.82, 2.24) is 21.3 Å². The number of aliphatic carboxylic acids is 3. The first-order valence-electron chi connectivity index (χ1n) is 23.0. The van der Waals surface area contributed by atoms with Crippen molar-refractivity contribution in [2.24, 2.45) is 22.6 Å². The minimum Gasteiger partial charge on any atom is -0.481 e. The van der Waals surface area contributed by atoms with E-state index >= 15 is 0 Å². The molecule has 400 valence electrons. The molecule has 7 atom stereocenters. The molecular formula is C48H83N7O15. The molecule has 0 bridgehead atoms. The van der Waals surface area contributed by atoms with Crippen molar-refractivity contribution in [3.63, 3.8) is 0 Å². The van der Waals surface area contributed by atoms with Crippen LogP contribution in [0.2, 0.25) is 0 Å². The second-order valence-electron chi connectivity index (χ2n) is 17.3. The van der Waals surface area contributed by atoms with Crippen molar-refractivity contribution in [3.8, 4) is 0 Å². The van der Waals surface area contributed by atoms with Gasteiger partial charge in [-0.2, -0.15) is 0 Å². The highest BCUT2D eigenvalue weighted by atomic mass is 16.5. The molecule has 0 heterocycles. The molecule has 1 rings (SSSR count). The summed E-state index contributed by atoms with van der Waals surface area (Å²) in [5.41, 5.74) is 21.9. The molecule has 0 aromatic carbocycles. The number of nitrogens with two attached hydrogens (primary N) is 3. The summed E-state index contributed by atoms with van der Waals surface area (Å²) in [6, 6.07) is -6.91. The second-order valence-corrected chi connectivity index (χ2v) is 17.3. The first-order chi connectivity index (χ1) is 32.5. The van der Waals surface area contributed by atoms with Crippen molar-refractivity contribution < 1.29 is 73.7 Å². The number of esters is 1. The predicted molar refractivity (Wildman–Crippen MR) is 264 cm³/mol. The third-order valence-electron chi connectivity index (χ3n) is 9.95. The summed E-state index contributed by atoms with van der Waals surface area (Å²) in [4.78, 5) is 92.3. The summed E-state index contributed by atoms with van der Waals surface area (Å²) in [7, 11) is 0. The number of ether oxygens (including phenoxy) is 1. The fourth-order valence-corrected chi connectivity index (χ4v) is 6.31. The molecule has 0 radical (unpaired) electrons. The molecule has 1 aliphatic rings. The fourth-order valence-electron chi connectivity index (χ4n) is 6.31. The maximum atomic E-state index is 13.4. The maximum absolute atomic E-state index is 13.4. The van der Waals surface area contributed by atoms with Gasteiger partial charge in [0.05, 0.1) is 24.9 Å². The van der Waals surface area contributed by atoms with E-state index < -0.39 is 96.5 Å². The third kappa shape index (κ3) is 33.7. The number of carboxylic acids is 3. The van der Waals surface area contributed by atoms with E-state index in [1.807, 2.05) is 32.1 Å². The van der Waals surface area contributed by atoms with Gasteiger partial charge >= 0.3 is 5.97 Å². The molecule has 16 N–H and O–H groups in total. The van der Waals surface area contributed by atoms with E-state index in [0.29, 0.717) is 25.8 Å². The topological polar surface area (TPSA) is 393 Å². The molecule has 70 heavy (non-hydrogen) atoms. The van der Waals surface area contributed by atoms with Gasteiger partial charge in [-0.1, -0.05) is 67.4 Å². The number of carbonyl (C=O) groups is 8. The van der Waals surface area contributed by atoms with Gasteiger partial charge in [0, 0.05) is 20.8 Å². The van der Waals surface area contributed by atoms with Crippen LogP contribution in [0.4, 0.5) is 0 Å². The van der Waals surface area contributed by atoms with Gasteiger partial charge in [-0.25, -0.2) is 4.79 Å². The van der Waals surface area contributed by atoms with Crippen LogP contribution in [0.15, 0.2) is 58.7 Å². The molecule has 0 fully saturated rings. The molecule has 0 aliphatic heterocycles. The number of allylic oxidation sites excluding steroid dienone is 9. The van der Waals surface area contributed by atoms with Crippen molar-refractivity contribution in [1.29, 1.82) is 0 Å². The minimum absolute atomic E-state index is 0.00359. The summed E-state index contributed by atoms with van der Waals surface area (Å²) in [6.45, 7) is 16.0. The zero-order valence-corrected chi connectivity index (χ0v) is 42.6. The fraction of sp³-hybridized carbons (Fsp3) is 0.625. The van der Waals surface area contributed by atoms with Crippen molar-refractivity contribution >= 4 is 47.5 Å². The van der Waals surface area contributed by atoms with Gasteiger partial charge in [0.2, 0.25) is 23.6 Å². The maximum Gasteiger partial charge on any atom is 0.331 e. The van der Waals surface area contributed by atoms with Gasteiger partial charge in [0.15, 0.2) is 6.04 Å². The monoisotopic (exact) mass is 998 g/mol. The molecule has 1 aliphatic carbocycles. The molecule has 0 spiro atoms. The van der Waals surface area contributed by atoms with E-state index in [-0.39, 0.29) is 31.4 Å². The Bertz CT molecular complexity index is 1780. The van der Waals surface area contributed by atoms with Crippen LogP contribution in [0.5, 0.6) is 0 Å². The summed E-state index contributed by atoms with van der Waals surface area (Å²) >= 11 is 0. The quantitative estimate of drug-likeness (QED) is 0.0347. The van der Waals surface area contributed by atoms with E-state index in [0.717, 1.165) is 38.3 Å². The number of amides is 4. The van der Waals surface area contributed by atoms with E-state index in [1.54, 1.807) is 6.08 Å². The lowest BCUT2D eigenvalue weighted by molar-refractivity contribution is -0.148. The number of carbonyl (C=O) groups excluding carboxylic acids is 5. The number of hydrogen-bond acceptors (Lipinski definition) is 15. The largest absolute Gasteiger partial charge is 0.481 e. The van der Waals surface area contributed by atoms with Crippen LogP contribution in [0.3, 0.4) is 0 Å². The normalized spacial score (nSPS) is 16.4. The van der Waals surface area contributed by atoms with Gasteiger partial charge < -0.3 is 73.8 Å². The molecule has 22 heteroatoms. The van der Waals surface area contributed by atoms with Crippen LogP contribution in [0.1, 0.15) is 121 Å². The van der Waals surface area contributed by atoms with Crippen LogP contribution in [-0.2, 0) is 43.1 Å². The highest BCUT2D eigenvalue weighted by Gasteiger charge is 2.35. The van der Waals surface area contributed by atoms with Crippen LogP contribution >= 0.6 is 0 Å². The van der Waals surface area contributed by atoms with Crippen LogP contribution < -0.4 is 38.5 Å². The molecule has 0 aromatic heterocycles. The number of rotatable bonds is 25. The Morgan fingerprint density at radius 3 is 1.66 bits per heavy atom. The van der Waals surface area contributed by atoms with Crippen LogP contribution in [0, 0.1) is 5.41 Å². The Hall–Kier alpha value is -5.78. The molecular weight excluding hydrogens is 915 g/mol. The van der Waals surface area contributed by atoms with Gasteiger partial charge in [-0.05, 0) is 110 Å². The van der Waals surface area contributed by atoms with Gasteiger partial charge in [0.25, 0.3) is 17.9 Å². The number of aliphatic hydroxyl groups is 3. The van der Waals surface area contributed by atoms with E-state index in [2.05, 4.69) is 54.2 Å². The van der Waals surface area contributed by atoms with Gasteiger partial charge in [-0.3, -0.25) is 33.6 Å². The Morgan fingerprint density at radius 2 is 1.19 bits per heavy atom. The molecule has 22 nitrogen and oxygen atoms in total. The number of unbranched alkanes of at least 4 members (excludes halogenated alkanes) is 1. The zero-order chi connectivity index (χ0) is 54.7. The smallest absolute Gasteiger partial charge is 0.331 e. The third-order valence-corrected chi connectivity index (χ3v) is 9.95. The van der Waals surface area contributed by atoms with Crippen molar-refractivity contribution in [2.75, 3.05) is 26.3 Å².